The summed E-state index contributed by atoms with van der Waals surface area (Å²) in [5.41, 5.74) is 4.98. The molecule has 4 N–H and O–H groups in total. The molecule has 0 aliphatic carbocycles. The summed E-state index contributed by atoms with van der Waals surface area (Å²) in [5, 5.41) is 32.8. The number of aliphatic hydroxyl groups is 2. The summed E-state index contributed by atoms with van der Waals surface area (Å²) in [6, 6.07) is 18.8. The van der Waals surface area contributed by atoms with Crippen molar-refractivity contribution in [3.05, 3.63) is 101 Å². The third kappa shape index (κ3) is 8.64. The fraction of sp³-hybridized carbons (Fsp3) is 0.294. The second kappa shape index (κ2) is 15.6. The number of nitrogens with zero attached hydrogens (tertiary/aromatic N) is 1. The van der Waals surface area contributed by atoms with Gasteiger partial charge >= 0.3 is 35.5 Å². The Morgan fingerprint density at radius 2 is 1.34 bits per heavy atom. The molecule has 0 bridgehead atoms. The van der Waals surface area contributed by atoms with Gasteiger partial charge in [-0.1, -0.05) is 42.0 Å². The number of aliphatic carboxylic acids is 1. The van der Waals surface area contributed by atoms with Gasteiger partial charge < -0.3 is 25.2 Å². The molecule has 4 rings (SSSR count). The van der Waals surface area contributed by atoms with Crippen LogP contribution in [0.25, 0.3) is 22.3 Å². The van der Waals surface area contributed by atoms with E-state index in [4.69, 9.17) is 5.11 Å². The number of aromatic nitrogens is 1. The van der Waals surface area contributed by atoms with Crippen LogP contribution in [0.4, 0.5) is 14.5 Å². The number of nitrogens with one attached hydrogen (secondary N) is 1. The minimum absolute atomic E-state index is 0. The monoisotopic (exact) mass is 614 g/mol. The van der Waals surface area contributed by atoms with E-state index in [9.17, 15) is 28.6 Å². The molecule has 0 saturated carbocycles. The molecule has 1 heterocycles. The fourth-order valence-electron chi connectivity index (χ4n) is 5.35. The molecule has 0 radical (unpaired) electrons. The van der Waals surface area contributed by atoms with E-state index in [1.807, 2.05) is 37.5 Å². The summed E-state index contributed by atoms with van der Waals surface area (Å²) in [6.45, 7) is 5.78. The number of carbonyl (C=O) groups excluding carboxylic acids is 1. The number of carboxylic acid groups (broad SMARTS) is 1. The van der Waals surface area contributed by atoms with E-state index in [-0.39, 0.29) is 54.9 Å². The number of carbonyl (C=O) groups is 2. The van der Waals surface area contributed by atoms with Gasteiger partial charge in [-0.25, -0.2) is 8.78 Å². The van der Waals surface area contributed by atoms with Gasteiger partial charge in [-0.15, -0.1) is 0 Å². The number of aryl methyl sites for hydroxylation is 1. The number of carboxylic acids is 1. The van der Waals surface area contributed by atoms with Gasteiger partial charge in [0, 0.05) is 28.6 Å². The van der Waals surface area contributed by atoms with E-state index < -0.39 is 42.1 Å². The van der Waals surface area contributed by atoms with Gasteiger partial charge in [0.05, 0.1) is 18.6 Å². The number of aliphatic hydroxyl groups excluding tert-OH is 2. The second-order valence-electron chi connectivity index (χ2n) is 11.0. The predicted octanol–water partition coefficient (Wildman–Crippen LogP) is 6.11. The van der Waals surface area contributed by atoms with Gasteiger partial charge in [0.2, 0.25) is 0 Å². The van der Waals surface area contributed by atoms with Crippen LogP contribution in [0.5, 0.6) is 0 Å². The molecule has 1 aromatic heterocycles. The van der Waals surface area contributed by atoms with Crippen LogP contribution in [0.3, 0.4) is 0 Å². The molecule has 0 saturated heterocycles. The molecule has 0 fully saturated rings. The van der Waals surface area contributed by atoms with E-state index in [2.05, 4.69) is 5.32 Å². The number of amides is 1. The molecule has 2 atom stereocenters. The van der Waals surface area contributed by atoms with Crippen molar-refractivity contribution in [3.63, 3.8) is 0 Å². The van der Waals surface area contributed by atoms with Crippen molar-refractivity contribution in [2.24, 2.45) is 0 Å². The van der Waals surface area contributed by atoms with Crippen molar-refractivity contribution >= 4 is 47.1 Å². The number of hydrogen-bond donors (Lipinski definition) is 4. The molecule has 44 heavy (non-hydrogen) atoms. The van der Waals surface area contributed by atoms with Crippen molar-refractivity contribution in [3.8, 4) is 22.3 Å². The summed E-state index contributed by atoms with van der Waals surface area (Å²) in [7, 11) is 0. The number of anilines is 1. The van der Waals surface area contributed by atoms with Crippen molar-refractivity contribution in [2.75, 3.05) is 5.32 Å². The average molecular weight is 615 g/mol. The van der Waals surface area contributed by atoms with Gasteiger partial charge in [0.25, 0.3) is 5.91 Å². The van der Waals surface area contributed by atoms with Gasteiger partial charge in [-0.3, -0.25) is 9.59 Å². The Balaban J connectivity index is 0.00000529. The van der Waals surface area contributed by atoms with Crippen molar-refractivity contribution in [2.45, 2.75) is 64.7 Å². The Morgan fingerprint density at radius 1 is 0.818 bits per heavy atom. The van der Waals surface area contributed by atoms with E-state index in [0.29, 0.717) is 39.3 Å². The van der Waals surface area contributed by atoms with E-state index in [0.717, 1.165) is 5.56 Å². The van der Waals surface area contributed by atoms with Crippen LogP contribution in [-0.2, 0) is 11.2 Å². The maximum atomic E-state index is 14.1. The second-order valence-corrected chi connectivity index (χ2v) is 11.0. The average Bonchev–Trinajstić information content (AvgIpc) is 3.29. The Bertz CT molecular complexity index is 1570. The van der Waals surface area contributed by atoms with Crippen molar-refractivity contribution in [1.82, 2.24) is 4.57 Å². The molecule has 3 aromatic carbocycles. The van der Waals surface area contributed by atoms with Crippen LogP contribution < -0.4 is 5.32 Å². The van der Waals surface area contributed by atoms with Crippen LogP contribution in [0, 0.1) is 18.6 Å². The standard InChI is InChI=1S/C34H36F2N2O5.Na.H/c1-20(2)38-29(17-16-27(39)18-28(40)19-30(41)42)31(22-6-10-24(35)11-7-22)32(23-8-12-25(36)13-9-23)33(38)34(43)37-26-14-4-21(3)5-15-26;;/h4-15,20,27-28,39-40H,16-19H2,1-3H3,(H,37,43)(H,41,42);;/t27-,28-;;/m1../s1. The molecular weight excluding hydrogens is 577 g/mol. The molecule has 4 aromatic rings. The third-order valence-corrected chi connectivity index (χ3v) is 7.28. The zero-order valence-corrected chi connectivity index (χ0v) is 24.3. The Labute approximate surface area is 277 Å². The summed E-state index contributed by atoms with van der Waals surface area (Å²) >= 11 is 0. The molecule has 7 nitrogen and oxygen atoms in total. The molecule has 0 unspecified atom stereocenters. The van der Waals surface area contributed by atoms with Crippen LogP contribution in [0.1, 0.15) is 60.9 Å². The first-order valence-electron chi connectivity index (χ1n) is 14.2. The van der Waals surface area contributed by atoms with Crippen LogP contribution in [0.2, 0.25) is 0 Å². The molecule has 1 amide bonds. The number of rotatable bonds is 12. The zero-order chi connectivity index (χ0) is 31.3. The zero-order valence-electron chi connectivity index (χ0n) is 24.3. The van der Waals surface area contributed by atoms with Crippen LogP contribution in [-0.4, -0.2) is 73.5 Å². The molecule has 0 aliphatic rings. The van der Waals surface area contributed by atoms with E-state index >= 15 is 0 Å². The quantitative estimate of drug-likeness (QED) is 0.144. The number of hydrogen-bond acceptors (Lipinski definition) is 4. The van der Waals surface area contributed by atoms with Gasteiger partial charge in [-0.2, -0.15) is 0 Å². The van der Waals surface area contributed by atoms with Gasteiger partial charge in [0.15, 0.2) is 0 Å². The van der Waals surface area contributed by atoms with E-state index in [1.165, 1.54) is 24.3 Å². The van der Waals surface area contributed by atoms with Gasteiger partial charge in [-0.05, 0) is 87.6 Å². The molecule has 10 heteroatoms. The van der Waals surface area contributed by atoms with Crippen LogP contribution >= 0.6 is 0 Å². The number of benzene rings is 3. The summed E-state index contributed by atoms with van der Waals surface area (Å²) in [5.74, 6) is -2.44. The van der Waals surface area contributed by atoms with Crippen molar-refractivity contribution in [1.29, 1.82) is 0 Å². The predicted molar refractivity (Wildman–Crippen MR) is 169 cm³/mol. The fourth-order valence-corrected chi connectivity index (χ4v) is 5.35. The Hall–Kier alpha value is -3.34. The molecule has 228 valence electrons. The Kier molecular flexibility index (Phi) is 12.5. The summed E-state index contributed by atoms with van der Waals surface area (Å²) < 4.78 is 30.0. The first-order chi connectivity index (χ1) is 20.4. The first-order valence-corrected chi connectivity index (χ1v) is 14.2. The first kappa shape index (κ1) is 35.1. The third-order valence-electron chi connectivity index (χ3n) is 7.28. The van der Waals surface area contributed by atoms with E-state index in [1.54, 1.807) is 36.4 Å². The molecular formula is C34H37F2N2NaO5. The Morgan fingerprint density at radius 3 is 1.84 bits per heavy atom. The normalized spacial score (nSPS) is 12.5. The topological polar surface area (TPSA) is 112 Å². The summed E-state index contributed by atoms with van der Waals surface area (Å²) in [4.78, 5) is 25.1. The summed E-state index contributed by atoms with van der Waals surface area (Å²) in [6.07, 6.45) is -2.46. The van der Waals surface area contributed by atoms with Crippen LogP contribution in [0.15, 0.2) is 72.8 Å². The minimum atomic E-state index is -1.22. The molecule has 0 spiro atoms. The number of halogens is 2. The van der Waals surface area contributed by atoms with Gasteiger partial charge in [0.1, 0.15) is 17.3 Å². The molecule has 0 aliphatic heterocycles. The SMILES string of the molecule is Cc1ccc(NC(=O)c2c(-c3ccc(F)cc3)c(-c3ccc(F)cc3)c(CC[C@@H](O)C[C@@H](O)CC(=O)O)n2C(C)C)cc1.[NaH]. The maximum absolute atomic E-state index is 14.1. The van der Waals surface area contributed by atoms with Crippen molar-refractivity contribution < 1.29 is 33.7 Å².